The van der Waals surface area contributed by atoms with E-state index in [0.717, 1.165) is 0 Å². The van der Waals surface area contributed by atoms with Gasteiger partial charge in [-0.05, 0) is 38.6 Å². The summed E-state index contributed by atoms with van der Waals surface area (Å²) < 4.78 is 62.1. The van der Waals surface area contributed by atoms with E-state index in [-0.39, 0.29) is 31.2 Å². The van der Waals surface area contributed by atoms with Crippen LogP contribution in [0.2, 0.25) is 0 Å². The zero-order valence-electron chi connectivity index (χ0n) is 10.5. The fourth-order valence-electron chi connectivity index (χ4n) is 2.60. The van der Waals surface area contributed by atoms with Gasteiger partial charge < -0.3 is 5.32 Å². The summed E-state index contributed by atoms with van der Waals surface area (Å²) in [5.41, 5.74) is 0. The fraction of sp³-hybridized carbons (Fsp3) is 1.00. The molecular weight excluding hydrogens is 253 g/mol. The molecule has 1 rings (SSSR count). The molecule has 1 N–H and O–H groups in total. The lowest BCUT2D eigenvalue weighted by Gasteiger charge is -2.33. The third kappa shape index (κ3) is 5.50. The second kappa shape index (κ2) is 6.17. The number of nitrogens with one attached hydrogen (secondary N) is 1. The van der Waals surface area contributed by atoms with Gasteiger partial charge in [0.05, 0.1) is 0 Å². The molecule has 0 aliphatic heterocycles. The lowest BCUT2D eigenvalue weighted by atomic mass is 9.80. The lowest BCUT2D eigenvalue weighted by Crippen LogP contribution is -2.38. The molecular formula is C12H20F5N. The zero-order valence-corrected chi connectivity index (χ0v) is 10.5. The van der Waals surface area contributed by atoms with Gasteiger partial charge in [-0.2, -0.15) is 13.2 Å². The minimum absolute atomic E-state index is 0.0574. The van der Waals surface area contributed by atoms with Crippen LogP contribution in [-0.4, -0.2) is 25.2 Å². The summed E-state index contributed by atoms with van der Waals surface area (Å²) in [4.78, 5) is 0. The van der Waals surface area contributed by atoms with Crippen LogP contribution in [0.15, 0.2) is 0 Å². The van der Waals surface area contributed by atoms with Crippen molar-refractivity contribution >= 4 is 0 Å². The topological polar surface area (TPSA) is 12.0 Å². The first-order valence-electron chi connectivity index (χ1n) is 6.35. The van der Waals surface area contributed by atoms with E-state index in [1.54, 1.807) is 7.05 Å². The molecule has 1 saturated carbocycles. The van der Waals surface area contributed by atoms with E-state index in [4.69, 9.17) is 0 Å². The maximum Gasteiger partial charge on any atom is 0.389 e. The first-order chi connectivity index (χ1) is 8.23. The Kier molecular flexibility index (Phi) is 5.37. The van der Waals surface area contributed by atoms with E-state index in [9.17, 15) is 22.0 Å². The molecule has 0 aromatic rings. The third-order valence-corrected chi connectivity index (χ3v) is 3.68. The summed E-state index contributed by atoms with van der Waals surface area (Å²) in [5.74, 6) is -2.51. The van der Waals surface area contributed by atoms with Gasteiger partial charge in [0.1, 0.15) is 0 Å². The minimum atomic E-state index is -4.13. The minimum Gasteiger partial charge on any atom is -0.317 e. The smallest absolute Gasteiger partial charge is 0.317 e. The van der Waals surface area contributed by atoms with Crippen LogP contribution in [0.25, 0.3) is 0 Å². The van der Waals surface area contributed by atoms with Crippen molar-refractivity contribution < 1.29 is 22.0 Å². The van der Waals surface area contributed by atoms with Crippen LogP contribution in [-0.2, 0) is 0 Å². The van der Waals surface area contributed by atoms with E-state index in [1.807, 2.05) is 0 Å². The van der Waals surface area contributed by atoms with Crippen molar-refractivity contribution in [3.63, 3.8) is 0 Å². The van der Waals surface area contributed by atoms with Gasteiger partial charge in [-0.3, -0.25) is 0 Å². The van der Waals surface area contributed by atoms with Crippen LogP contribution in [0.1, 0.15) is 44.9 Å². The Morgan fingerprint density at radius 3 is 2.22 bits per heavy atom. The molecule has 0 heterocycles. The number of halogens is 5. The molecule has 0 spiro atoms. The first-order valence-corrected chi connectivity index (χ1v) is 6.35. The molecule has 0 amide bonds. The monoisotopic (exact) mass is 273 g/mol. The first kappa shape index (κ1) is 15.7. The highest BCUT2D eigenvalue weighted by Crippen LogP contribution is 2.38. The van der Waals surface area contributed by atoms with Crippen molar-refractivity contribution in [2.24, 2.45) is 5.92 Å². The summed E-state index contributed by atoms with van der Waals surface area (Å²) in [6.45, 7) is 0. The standard InChI is InChI=1S/C12H20F5N/c1-18-10(3-2-6-12(15,16)17)9-4-7-11(13,14)8-5-9/h9-10,18H,2-8H2,1H3. The van der Waals surface area contributed by atoms with Crippen molar-refractivity contribution in [2.45, 2.75) is 63.1 Å². The Morgan fingerprint density at radius 1 is 1.22 bits per heavy atom. The molecule has 0 aromatic heterocycles. The molecule has 1 aliphatic carbocycles. The average Bonchev–Trinajstić information content (AvgIpc) is 2.24. The summed E-state index contributed by atoms with van der Waals surface area (Å²) in [7, 11) is 1.69. The summed E-state index contributed by atoms with van der Waals surface area (Å²) in [6.07, 6.45) is -3.97. The van der Waals surface area contributed by atoms with E-state index in [2.05, 4.69) is 5.32 Å². The van der Waals surface area contributed by atoms with Crippen molar-refractivity contribution in [1.82, 2.24) is 5.32 Å². The Bertz CT molecular complexity index is 241. The van der Waals surface area contributed by atoms with Crippen LogP contribution in [0.3, 0.4) is 0 Å². The second-order valence-electron chi connectivity index (χ2n) is 5.10. The summed E-state index contributed by atoms with van der Waals surface area (Å²) in [5, 5.41) is 2.97. The molecule has 1 fully saturated rings. The summed E-state index contributed by atoms with van der Waals surface area (Å²) in [6, 6.07) is -0.0801. The van der Waals surface area contributed by atoms with Crippen LogP contribution >= 0.6 is 0 Å². The van der Waals surface area contributed by atoms with Gasteiger partial charge in [-0.1, -0.05) is 0 Å². The van der Waals surface area contributed by atoms with E-state index >= 15 is 0 Å². The normalized spacial score (nSPS) is 23.0. The predicted molar refractivity (Wildman–Crippen MR) is 59.7 cm³/mol. The van der Waals surface area contributed by atoms with Crippen LogP contribution in [0.5, 0.6) is 0 Å². The highest BCUT2D eigenvalue weighted by atomic mass is 19.4. The summed E-state index contributed by atoms with van der Waals surface area (Å²) >= 11 is 0. The number of hydrogen-bond acceptors (Lipinski definition) is 1. The Hall–Kier alpha value is -0.390. The molecule has 108 valence electrons. The number of rotatable bonds is 5. The number of hydrogen-bond donors (Lipinski definition) is 1. The van der Waals surface area contributed by atoms with Gasteiger partial charge in [-0.15, -0.1) is 0 Å². The van der Waals surface area contributed by atoms with Crippen molar-refractivity contribution in [2.75, 3.05) is 7.05 Å². The highest BCUT2D eigenvalue weighted by Gasteiger charge is 2.37. The third-order valence-electron chi connectivity index (χ3n) is 3.68. The lowest BCUT2D eigenvalue weighted by molar-refractivity contribution is -0.136. The molecule has 1 unspecified atom stereocenters. The molecule has 1 atom stereocenters. The SMILES string of the molecule is CNC(CCCC(F)(F)F)C1CCC(F)(F)CC1. The van der Waals surface area contributed by atoms with Gasteiger partial charge in [0.25, 0.3) is 0 Å². The number of alkyl halides is 5. The Morgan fingerprint density at radius 2 is 1.78 bits per heavy atom. The molecule has 18 heavy (non-hydrogen) atoms. The molecule has 0 saturated heterocycles. The van der Waals surface area contributed by atoms with E-state index in [0.29, 0.717) is 19.3 Å². The molecule has 6 heteroatoms. The van der Waals surface area contributed by atoms with Crippen LogP contribution in [0, 0.1) is 5.92 Å². The average molecular weight is 273 g/mol. The molecule has 1 nitrogen and oxygen atoms in total. The molecule has 0 bridgehead atoms. The quantitative estimate of drug-likeness (QED) is 0.743. The highest BCUT2D eigenvalue weighted by molar-refractivity contribution is 4.84. The van der Waals surface area contributed by atoms with E-state index in [1.165, 1.54) is 0 Å². The molecule has 1 aliphatic rings. The zero-order chi connectivity index (χ0) is 13.8. The fourth-order valence-corrected chi connectivity index (χ4v) is 2.60. The van der Waals surface area contributed by atoms with Gasteiger partial charge >= 0.3 is 6.18 Å². The van der Waals surface area contributed by atoms with E-state index < -0.39 is 18.5 Å². The molecule has 0 radical (unpaired) electrons. The van der Waals surface area contributed by atoms with Crippen molar-refractivity contribution in [3.05, 3.63) is 0 Å². The molecule has 0 aromatic carbocycles. The van der Waals surface area contributed by atoms with Crippen molar-refractivity contribution in [3.8, 4) is 0 Å². The predicted octanol–water partition coefficient (Wildman–Crippen LogP) is 4.13. The van der Waals surface area contributed by atoms with Gasteiger partial charge in [0.2, 0.25) is 5.92 Å². The van der Waals surface area contributed by atoms with Gasteiger partial charge in [0.15, 0.2) is 0 Å². The van der Waals surface area contributed by atoms with Gasteiger partial charge in [-0.25, -0.2) is 8.78 Å². The van der Waals surface area contributed by atoms with Gasteiger partial charge in [0, 0.05) is 25.3 Å². The second-order valence-corrected chi connectivity index (χ2v) is 5.10. The Labute approximate surface area is 104 Å². The van der Waals surface area contributed by atoms with Crippen molar-refractivity contribution in [1.29, 1.82) is 0 Å². The maximum absolute atomic E-state index is 13.0. The van der Waals surface area contributed by atoms with Crippen LogP contribution in [0.4, 0.5) is 22.0 Å². The Balaban J connectivity index is 2.33. The van der Waals surface area contributed by atoms with Crippen LogP contribution < -0.4 is 5.32 Å². The maximum atomic E-state index is 13.0. The largest absolute Gasteiger partial charge is 0.389 e.